The molecule has 35 heavy (non-hydrogen) atoms. The molecule has 4 aromatic rings. The van der Waals surface area contributed by atoms with Crippen LogP contribution in [0.1, 0.15) is 31.2 Å². The van der Waals surface area contributed by atoms with Crippen LogP contribution in [0.2, 0.25) is 0 Å². The van der Waals surface area contributed by atoms with Crippen LogP contribution in [0.15, 0.2) is 70.2 Å². The number of hydrogen-bond acceptors (Lipinski definition) is 7. The largest absolute Gasteiger partial charge is 0.361 e. The van der Waals surface area contributed by atoms with E-state index in [1.54, 1.807) is 18.3 Å². The molecule has 182 valence electrons. The van der Waals surface area contributed by atoms with Crippen molar-refractivity contribution in [2.24, 2.45) is 11.1 Å². The lowest BCUT2D eigenvalue weighted by atomic mass is 10.0. The Bertz CT molecular complexity index is 1430. The van der Waals surface area contributed by atoms with Gasteiger partial charge in [-0.05, 0) is 25.0 Å². The molecule has 1 atom stereocenters. The molecule has 2 heterocycles. The molecule has 10 nitrogen and oxygen atoms in total. The molecule has 11 heteroatoms. The molecule has 0 saturated heterocycles. The first kappa shape index (κ1) is 24.3. The quantitative estimate of drug-likeness (QED) is 0.383. The number of carbonyl (C=O) groups excluding carboxylic acids is 1. The Labute approximate surface area is 203 Å². The fourth-order valence-corrected chi connectivity index (χ4v) is 4.31. The second-order valence-electron chi connectivity index (χ2n) is 8.49. The summed E-state index contributed by atoms with van der Waals surface area (Å²) in [5, 5.41) is 20.6. The van der Waals surface area contributed by atoms with Crippen molar-refractivity contribution in [2.75, 3.05) is 0 Å². The van der Waals surface area contributed by atoms with Gasteiger partial charge >= 0.3 is 0 Å². The van der Waals surface area contributed by atoms with Crippen molar-refractivity contribution in [2.45, 2.75) is 38.3 Å². The van der Waals surface area contributed by atoms with Gasteiger partial charge in [-0.2, -0.15) is 0 Å². The summed E-state index contributed by atoms with van der Waals surface area (Å²) in [6.45, 7) is 5.91. The highest BCUT2D eigenvalue weighted by Gasteiger charge is 2.27. The van der Waals surface area contributed by atoms with E-state index in [1.165, 1.54) is 16.8 Å². The smallest absolute Gasteiger partial charge is 0.245 e. The maximum Gasteiger partial charge on any atom is 0.245 e. The fourth-order valence-electron chi connectivity index (χ4n) is 3.79. The standard InChI is InChI=1S/C24H26N6O4S/c1-15(2)23(30-14-21(27-29-30)17-9-11-19(12-10-17)35(25,32)33)24(31)26-13-20-16(3)34-28-22(20)18-7-5-4-6-8-18/h4-12,14-15,23H,13H2,1-3H3,(H,26,31)(H2,25,32,33). The zero-order valence-electron chi connectivity index (χ0n) is 19.5. The van der Waals surface area contributed by atoms with Gasteiger partial charge in [0.25, 0.3) is 0 Å². The fraction of sp³-hybridized carbons (Fsp3) is 0.250. The number of amides is 1. The predicted octanol–water partition coefficient (Wildman–Crippen LogP) is 3.07. The van der Waals surface area contributed by atoms with Crippen LogP contribution >= 0.6 is 0 Å². The average Bonchev–Trinajstić information content (AvgIpc) is 3.44. The number of aromatic nitrogens is 4. The van der Waals surface area contributed by atoms with Gasteiger partial charge in [0, 0.05) is 23.2 Å². The summed E-state index contributed by atoms with van der Waals surface area (Å²) >= 11 is 0. The first-order valence-electron chi connectivity index (χ1n) is 11.0. The van der Waals surface area contributed by atoms with Gasteiger partial charge in [0.05, 0.1) is 11.1 Å². The van der Waals surface area contributed by atoms with E-state index >= 15 is 0 Å². The molecule has 0 radical (unpaired) electrons. The summed E-state index contributed by atoms with van der Waals surface area (Å²) < 4.78 is 29.9. The van der Waals surface area contributed by atoms with Crippen LogP contribution in [0.3, 0.4) is 0 Å². The zero-order valence-corrected chi connectivity index (χ0v) is 20.4. The van der Waals surface area contributed by atoms with Gasteiger partial charge in [-0.1, -0.05) is 66.7 Å². The van der Waals surface area contributed by atoms with Crippen molar-refractivity contribution in [3.63, 3.8) is 0 Å². The van der Waals surface area contributed by atoms with E-state index in [2.05, 4.69) is 20.8 Å². The lowest BCUT2D eigenvalue weighted by molar-refractivity contribution is -0.126. The Morgan fingerprint density at radius 3 is 2.40 bits per heavy atom. The van der Waals surface area contributed by atoms with E-state index in [0.717, 1.165) is 11.1 Å². The van der Waals surface area contributed by atoms with Crippen molar-refractivity contribution < 1.29 is 17.7 Å². The van der Waals surface area contributed by atoms with Crippen molar-refractivity contribution in [1.82, 2.24) is 25.5 Å². The summed E-state index contributed by atoms with van der Waals surface area (Å²) in [5.74, 6) is 0.336. The van der Waals surface area contributed by atoms with Gasteiger partial charge in [-0.3, -0.25) is 4.79 Å². The Morgan fingerprint density at radius 2 is 1.77 bits per heavy atom. The molecule has 0 spiro atoms. The lowest BCUT2D eigenvalue weighted by Gasteiger charge is -2.20. The molecule has 1 amide bonds. The first-order valence-corrected chi connectivity index (χ1v) is 12.5. The van der Waals surface area contributed by atoms with Gasteiger partial charge in [0.1, 0.15) is 23.2 Å². The molecule has 2 aromatic carbocycles. The first-order chi connectivity index (χ1) is 16.6. The highest BCUT2D eigenvalue weighted by molar-refractivity contribution is 7.89. The van der Waals surface area contributed by atoms with Gasteiger partial charge < -0.3 is 9.84 Å². The molecule has 1 unspecified atom stereocenters. The highest BCUT2D eigenvalue weighted by Crippen LogP contribution is 2.26. The van der Waals surface area contributed by atoms with Crippen LogP contribution in [-0.2, 0) is 21.4 Å². The van der Waals surface area contributed by atoms with Crippen molar-refractivity contribution >= 4 is 15.9 Å². The summed E-state index contributed by atoms with van der Waals surface area (Å²) in [6.07, 6.45) is 1.66. The number of nitrogens with two attached hydrogens (primary N) is 1. The van der Waals surface area contributed by atoms with Crippen molar-refractivity contribution in [3.8, 4) is 22.5 Å². The van der Waals surface area contributed by atoms with Crippen LogP contribution in [-0.4, -0.2) is 34.5 Å². The molecule has 4 rings (SSSR count). The van der Waals surface area contributed by atoms with Crippen molar-refractivity contribution in [1.29, 1.82) is 0 Å². The third-order valence-corrected chi connectivity index (χ3v) is 6.57. The number of carbonyl (C=O) groups is 1. The maximum absolute atomic E-state index is 13.2. The second-order valence-corrected chi connectivity index (χ2v) is 10.1. The number of sulfonamides is 1. The van der Waals surface area contributed by atoms with Gasteiger partial charge in [0.15, 0.2) is 0 Å². The van der Waals surface area contributed by atoms with Crippen LogP contribution in [0, 0.1) is 12.8 Å². The minimum absolute atomic E-state index is 0.00646. The van der Waals surface area contributed by atoms with E-state index < -0.39 is 16.1 Å². The third-order valence-electron chi connectivity index (χ3n) is 5.65. The zero-order chi connectivity index (χ0) is 25.2. The minimum Gasteiger partial charge on any atom is -0.361 e. The van der Waals surface area contributed by atoms with Crippen LogP contribution in [0.4, 0.5) is 0 Å². The molecule has 0 saturated carbocycles. The van der Waals surface area contributed by atoms with Crippen LogP contribution in [0.25, 0.3) is 22.5 Å². The molecule has 0 fully saturated rings. The molecular formula is C24H26N6O4S. The number of primary sulfonamides is 1. The summed E-state index contributed by atoms with van der Waals surface area (Å²) in [5.41, 5.74) is 3.56. The monoisotopic (exact) mass is 494 g/mol. The molecule has 0 bridgehead atoms. The lowest BCUT2D eigenvalue weighted by Crippen LogP contribution is -2.35. The number of nitrogens with one attached hydrogen (secondary N) is 1. The van der Waals surface area contributed by atoms with Gasteiger partial charge in [0.2, 0.25) is 15.9 Å². The van der Waals surface area contributed by atoms with E-state index in [0.29, 0.717) is 22.7 Å². The maximum atomic E-state index is 13.2. The average molecular weight is 495 g/mol. The van der Waals surface area contributed by atoms with E-state index in [4.69, 9.17) is 9.66 Å². The highest BCUT2D eigenvalue weighted by atomic mass is 32.2. The Morgan fingerprint density at radius 1 is 1.09 bits per heavy atom. The summed E-state index contributed by atoms with van der Waals surface area (Å²) in [6, 6.07) is 15.0. The summed E-state index contributed by atoms with van der Waals surface area (Å²) in [4.78, 5) is 13.2. The second kappa shape index (κ2) is 9.80. The van der Waals surface area contributed by atoms with Gasteiger partial charge in [-0.25, -0.2) is 18.2 Å². The van der Waals surface area contributed by atoms with E-state index in [1.807, 2.05) is 51.1 Å². The number of rotatable bonds is 8. The Balaban J connectivity index is 1.52. The number of benzene rings is 2. The number of hydrogen-bond donors (Lipinski definition) is 2. The summed E-state index contributed by atoms with van der Waals surface area (Å²) in [7, 11) is -3.79. The molecule has 0 aliphatic carbocycles. The number of nitrogens with zero attached hydrogens (tertiary/aromatic N) is 4. The van der Waals surface area contributed by atoms with E-state index in [-0.39, 0.29) is 23.3 Å². The molecule has 2 aromatic heterocycles. The predicted molar refractivity (Wildman–Crippen MR) is 129 cm³/mol. The van der Waals surface area contributed by atoms with E-state index in [9.17, 15) is 13.2 Å². The van der Waals surface area contributed by atoms with Crippen molar-refractivity contribution in [3.05, 3.63) is 72.1 Å². The Hall–Kier alpha value is -3.83. The Kier molecular flexibility index (Phi) is 6.81. The molecule has 0 aliphatic heterocycles. The molecule has 0 aliphatic rings. The molecular weight excluding hydrogens is 468 g/mol. The normalized spacial score (nSPS) is 12.6. The number of aryl methyl sites for hydroxylation is 1. The van der Waals surface area contributed by atoms with Gasteiger partial charge in [-0.15, -0.1) is 5.10 Å². The molecule has 3 N–H and O–H groups in total. The van der Waals surface area contributed by atoms with Crippen LogP contribution < -0.4 is 10.5 Å². The third kappa shape index (κ3) is 5.31. The minimum atomic E-state index is -3.79. The topological polar surface area (TPSA) is 146 Å². The van der Waals surface area contributed by atoms with Crippen LogP contribution in [0.5, 0.6) is 0 Å². The SMILES string of the molecule is Cc1onc(-c2ccccc2)c1CNC(=O)C(C(C)C)n1cc(-c2ccc(S(N)(=O)=O)cc2)nn1.